The number of carbonyl (C=O) groups excluding carboxylic acids is 1. The Bertz CT molecular complexity index is 941. The summed E-state index contributed by atoms with van der Waals surface area (Å²) in [6.45, 7) is 4.57. The molecule has 0 unspecified atom stereocenters. The Kier molecular flexibility index (Phi) is 5.57. The predicted molar refractivity (Wildman–Crippen MR) is 105 cm³/mol. The van der Waals surface area contributed by atoms with Crippen LogP contribution in [-0.2, 0) is 11.3 Å². The van der Waals surface area contributed by atoms with Crippen LogP contribution < -0.4 is 0 Å². The molecule has 0 atom stereocenters. The van der Waals surface area contributed by atoms with E-state index in [1.54, 1.807) is 24.1 Å². The maximum Gasteiger partial charge on any atom is 0.233 e. The Labute approximate surface area is 157 Å². The van der Waals surface area contributed by atoms with E-state index >= 15 is 0 Å². The fraction of sp³-hybridized carbons (Fsp3) is 0.238. The summed E-state index contributed by atoms with van der Waals surface area (Å²) in [7, 11) is 1.76. The van der Waals surface area contributed by atoms with Gasteiger partial charge in [0.15, 0.2) is 0 Å². The molecule has 0 N–H and O–H groups in total. The Morgan fingerprint density at radius 3 is 2.58 bits per heavy atom. The lowest BCUT2D eigenvalue weighted by Gasteiger charge is -2.17. The first-order valence-corrected chi connectivity index (χ1v) is 9.41. The van der Waals surface area contributed by atoms with Crippen LogP contribution in [0, 0.1) is 19.7 Å². The van der Waals surface area contributed by atoms with E-state index in [-0.39, 0.29) is 11.7 Å². The Hall–Kier alpha value is -2.40. The third kappa shape index (κ3) is 4.22. The van der Waals surface area contributed by atoms with Crippen molar-refractivity contribution < 1.29 is 9.18 Å². The van der Waals surface area contributed by atoms with E-state index in [4.69, 9.17) is 4.98 Å². The summed E-state index contributed by atoms with van der Waals surface area (Å²) >= 11 is 1.45. The maximum atomic E-state index is 13.0. The highest BCUT2D eigenvalue weighted by atomic mass is 32.2. The predicted octanol–water partition coefficient (Wildman–Crippen LogP) is 4.74. The first kappa shape index (κ1) is 18.4. The minimum absolute atomic E-state index is 0.0173. The molecule has 0 aliphatic heterocycles. The number of thioether (sulfide) groups is 1. The van der Waals surface area contributed by atoms with Gasteiger partial charge in [0.1, 0.15) is 5.82 Å². The molecule has 26 heavy (non-hydrogen) atoms. The van der Waals surface area contributed by atoms with Crippen LogP contribution in [0.3, 0.4) is 0 Å². The smallest absolute Gasteiger partial charge is 0.233 e. The lowest BCUT2D eigenvalue weighted by atomic mass is 10.1. The number of hydrogen-bond acceptors (Lipinski definition) is 3. The molecule has 0 fully saturated rings. The highest BCUT2D eigenvalue weighted by Crippen LogP contribution is 2.25. The minimum Gasteiger partial charge on any atom is -0.341 e. The van der Waals surface area contributed by atoms with Crippen LogP contribution in [0.1, 0.15) is 16.7 Å². The largest absolute Gasteiger partial charge is 0.341 e. The molecule has 1 amide bonds. The highest BCUT2D eigenvalue weighted by molar-refractivity contribution is 7.99. The number of aromatic nitrogens is 1. The quantitative estimate of drug-likeness (QED) is 0.610. The molecule has 3 rings (SSSR count). The average molecular weight is 368 g/mol. The number of aryl methyl sites for hydroxylation is 2. The van der Waals surface area contributed by atoms with Crippen molar-refractivity contribution in [1.82, 2.24) is 9.88 Å². The van der Waals surface area contributed by atoms with Gasteiger partial charge >= 0.3 is 0 Å². The molecular weight excluding hydrogens is 347 g/mol. The van der Waals surface area contributed by atoms with Gasteiger partial charge in [-0.2, -0.15) is 0 Å². The van der Waals surface area contributed by atoms with Crippen LogP contribution in [0.15, 0.2) is 53.6 Å². The third-order valence-corrected chi connectivity index (χ3v) is 5.22. The second-order valence-corrected chi connectivity index (χ2v) is 7.41. The second kappa shape index (κ2) is 7.87. The number of halogens is 1. The van der Waals surface area contributed by atoms with E-state index < -0.39 is 0 Å². The molecule has 0 spiro atoms. The number of rotatable bonds is 5. The van der Waals surface area contributed by atoms with Gasteiger partial charge in [-0.25, -0.2) is 9.37 Å². The van der Waals surface area contributed by atoms with E-state index in [0.717, 1.165) is 32.6 Å². The summed E-state index contributed by atoms with van der Waals surface area (Å²) < 4.78 is 13.0. The Balaban J connectivity index is 1.66. The molecule has 0 aliphatic carbocycles. The van der Waals surface area contributed by atoms with Crippen molar-refractivity contribution in [3.63, 3.8) is 0 Å². The van der Waals surface area contributed by atoms with Crippen molar-refractivity contribution in [3.8, 4) is 0 Å². The van der Waals surface area contributed by atoms with Gasteiger partial charge in [-0.05, 0) is 48.7 Å². The fourth-order valence-corrected chi connectivity index (χ4v) is 3.71. The number of nitrogens with zero attached hydrogens (tertiary/aromatic N) is 2. The molecule has 0 saturated heterocycles. The third-order valence-electron chi connectivity index (χ3n) is 4.33. The SMILES string of the molecule is Cc1cc(SCC(=O)N(C)Cc2ccc(F)cc2)nc2c(C)cccc12. The van der Waals surface area contributed by atoms with Crippen LogP contribution >= 0.6 is 11.8 Å². The molecule has 0 saturated carbocycles. The van der Waals surface area contributed by atoms with E-state index in [2.05, 4.69) is 13.0 Å². The molecule has 134 valence electrons. The molecule has 2 aromatic carbocycles. The van der Waals surface area contributed by atoms with Crippen molar-refractivity contribution >= 4 is 28.6 Å². The zero-order valence-corrected chi connectivity index (χ0v) is 15.9. The minimum atomic E-state index is -0.272. The van der Waals surface area contributed by atoms with Crippen molar-refractivity contribution in [2.24, 2.45) is 0 Å². The Morgan fingerprint density at radius 2 is 1.85 bits per heavy atom. The van der Waals surface area contributed by atoms with Crippen LogP contribution in [0.5, 0.6) is 0 Å². The lowest BCUT2D eigenvalue weighted by Crippen LogP contribution is -2.27. The summed E-state index contributed by atoms with van der Waals surface area (Å²) in [4.78, 5) is 18.8. The average Bonchev–Trinajstić information content (AvgIpc) is 2.62. The summed E-state index contributed by atoms with van der Waals surface area (Å²) in [6, 6.07) is 14.4. The van der Waals surface area contributed by atoms with Gasteiger partial charge in [-0.1, -0.05) is 42.1 Å². The molecule has 1 aromatic heterocycles. The fourth-order valence-electron chi connectivity index (χ4n) is 2.80. The normalized spacial score (nSPS) is 10.9. The molecule has 1 heterocycles. The van der Waals surface area contributed by atoms with Gasteiger partial charge in [0, 0.05) is 19.0 Å². The van der Waals surface area contributed by atoms with Crippen molar-refractivity contribution in [3.05, 3.63) is 71.0 Å². The summed E-state index contributed by atoms with van der Waals surface area (Å²) in [5, 5.41) is 2.00. The lowest BCUT2D eigenvalue weighted by molar-refractivity contribution is -0.127. The molecule has 3 nitrogen and oxygen atoms in total. The molecule has 5 heteroatoms. The van der Waals surface area contributed by atoms with Gasteiger partial charge in [-0.15, -0.1) is 0 Å². The van der Waals surface area contributed by atoms with E-state index in [9.17, 15) is 9.18 Å². The van der Waals surface area contributed by atoms with Crippen molar-refractivity contribution in [2.45, 2.75) is 25.4 Å². The zero-order valence-electron chi connectivity index (χ0n) is 15.1. The number of amides is 1. The number of carbonyl (C=O) groups is 1. The van der Waals surface area contributed by atoms with Gasteiger partial charge in [0.2, 0.25) is 5.91 Å². The first-order valence-electron chi connectivity index (χ1n) is 8.42. The van der Waals surface area contributed by atoms with Crippen LogP contribution in [-0.4, -0.2) is 28.6 Å². The van der Waals surface area contributed by atoms with Crippen molar-refractivity contribution in [1.29, 1.82) is 0 Å². The molecule has 0 radical (unpaired) electrons. The van der Waals surface area contributed by atoms with E-state index in [0.29, 0.717) is 12.3 Å². The number of hydrogen-bond donors (Lipinski definition) is 0. The topological polar surface area (TPSA) is 33.2 Å². The number of benzene rings is 2. The number of fused-ring (bicyclic) bond motifs is 1. The molecule has 0 bridgehead atoms. The zero-order chi connectivity index (χ0) is 18.7. The summed E-state index contributed by atoms with van der Waals surface area (Å²) in [5.41, 5.74) is 4.19. The van der Waals surface area contributed by atoms with Gasteiger partial charge < -0.3 is 4.90 Å². The van der Waals surface area contributed by atoms with Gasteiger partial charge in [0.05, 0.1) is 16.3 Å². The number of pyridine rings is 1. The second-order valence-electron chi connectivity index (χ2n) is 6.41. The van der Waals surface area contributed by atoms with Crippen LogP contribution in [0.25, 0.3) is 10.9 Å². The van der Waals surface area contributed by atoms with Crippen molar-refractivity contribution in [2.75, 3.05) is 12.8 Å². The number of para-hydroxylation sites is 1. The molecular formula is C21H21FN2OS. The van der Waals surface area contributed by atoms with Gasteiger partial charge in [0.25, 0.3) is 0 Å². The van der Waals surface area contributed by atoms with Crippen LogP contribution in [0.2, 0.25) is 0 Å². The monoisotopic (exact) mass is 368 g/mol. The highest BCUT2D eigenvalue weighted by Gasteiger charge is 2.12. The summed E-state index contributed by atoms with van der Waals surface area (Å²) in [5.74, 6) is 0.0663. The molecule has 0 aliphatic rings. The van der Waals surface area contributed by atoms with E-state index in [1.807, 2.05) is 25.1 Å². The molecule has 3 aromatic rings. The standard InChI is InChI=1S/C21H21FN2OS/c1-14-5-4-6-18-15(2)11-19(23-21(14)18)26-13-20(25)24(3)12-16-7-9-17(22)10-8-16/h4-11H,12-13H2,1-3H3. The van der Waals surface area contributed by atoms with E-state index in [1.165, 1.54) is 23.9 Å². The van der Waals surface area contributed by atoms with Crippen LogP contribution in [0.4, 0.5) is 4.39 Å². The Morgan fingerprint density at radius 1 is 1.12 bits per heavy atom. The summed E-state index contributed by atoms with van der Waals surface area (Å²) in [6.07, 6.45) is 0. The maximum absolute atomic E-state index is 13.0. The first-order chi connectivity index (χ1) is 12.4. The van der Waals surface area contributed by atoms with Gasteiger partial charge in [-0.3, -0.25) is 4.79 Å².